The number of ether oxygens (including phenoxy) is 1. The number of benzene rings is 1. The molecule has 9 nitrogen and oxygen atoms in total. The first-order chi connectivity index (χ1) is 16.2. The third kappa shape index (κ3) is 4.57. The molecule has 0 aliphatic carbocycles. The summed E-state index contributed by atoms with van der Waals surface area (Å²) in [5.41, 5.74) is 1.36. The Morgan fingerprint density at radius 2 is 1.88 bits per heavy atom. The third-order valence-electron chi connectivity index (χ3n) is 5.17. The molecule has 1 aromatic carbocycles. The van der Waals surface area contributed by atoms with Gasteiger partial charge in [-0.2, -0.15) is 0 Å². The van der Waals surface area contributed by atoms with E-state index in [1.54, 1.807) is 6.20 Å². The molecule has 0 unspecified atom stereocenters. The van der Waals surface area contributed by atoms with Crippen molar-refractivity contribution in [1.29, 1.82) is 0 Å². The van der Waals surface area contributed by atoms with Crippen LogP contribution in [0.5, 0.6) is 11.5 Å². The Kier molecular flexibility index (Phi) is 5.50. The molecule has 0 spiro atoms. The van der Waals surface area contributed by atoms with Gasteiger partial charge in [0, 0.05) is 13.1 Å². The van der Waals surface area contributed by atoms with Crippen LogP contribution in [0.15, 0.2) is 79.8 Å². The Morgan fingerprint density at radius 3 is 2.64 bits per heavy atom. The highest BCUT2D eigenvalue weighted by molar-refractivity contribution is 5.88. The van der Waals surface area contributed by atoms with E-state index in [2.05, 4.69) is 37.1 Å². The molecule has 1 aliphatic heterocycles. The second kappa shape index (κ2) is 8.91. The monoisotopic (exact) mass is 439 g/mol. The number of rotatable bonds is 7. The van der Waals surface area contributed by atoms with Gasteiger partial charge in [0.15, 0.2) is 5.82 Å². The maximum atomic E-state index is 11.5. The summed E-state index contributed by atoms with van der Waals surface area (Å²) in [4.78, 5) is 31.4. The van der Waals surface area contributed by atoms with Gasteiger partial charge in [-0.3, -0.25) is 4.79 Å². The van der Waals surface area contributed by atoms with E-state index in [1.807, 2.05) is 54.6 Å². The van der Waals surface area contributed by atoms with Crippen molar-refractivity contribution in [2.75, 3.05) is 23.3 Å². The molecular weight excluding hydrogens is 418 g/mol. The molecule has 4 aromatic rings. The molecule has 1 aliphatic rings. The van der Waals surface area contributed by atoms with Crippen molar-refractivity contribution in [3.8, 4) is 11.5 Å². The molecule has 3 aromatic heterocycles. The van der Waals surface area contributed by atoms with E-state index in [1.165, 1.54) is 12.4 Å². The number of amides is 1. The van der Waals surface area contributed by atoms with Crippen LogP contribution in [0.2, 0.25) is 0 Å². The second-order valence-electron chi connectivity index (χ2n) is 7.49. The summed E-state index contributed by atoms with van der Waals surface area (Å²) in [6.45, 7) is 4.84. The third-order valence-corrected chi connectivity index (χ3v) is 5.17. The Morgan fingerprint density at radius 1 is 1.03 bits per heavy atom. The Labute approximate surface area is 190 Å². The number of pyridine rings is 2. The number of aromatic nitrogens is 4. The van der Waals surface area contributed by atoms with E-state index in [0.29, 0.717) is 36.0 Å². The molecule has 1 fully saturated rings. The smallest absolute Gasteiger partial charge is 0.243 e. The number of carbonyl (C=O) groups excluding carboxylic acids is 1. The second-order valence-corrected chi connectivity index (χ2v) is 7.49. The normalized spacial score (nSPS) is 13.3. The first-order valence-electron chi connectivity index (χ1n) is 10.4. The number of hydrogen-bond donors (Lipinski definition) is 2. The highest BCUT2D eigenvalue weighted by Crippen LogP contribution is 2.27. The van der Waals surface area contributed by atoms with Gasteiger partial charge < -0.3 is 20.3 Å². The number of para-hydroxylation sites is 1. The highest BCUT2D eigenvalue weighted by atomic mass is 16.5. The lowest BCUT2D eigenvalue weighted by atomic mass is 10.1. The van der Waals surface area contributed by atoms with Gasteiger partial charge in [0.1, 0.15) is 35.0 Å². The zero-order valence-electron chi connectivity index (χ0n) is 17.7. The molecular formula is C24H21N7O2. The minimum atomic E-state index is -0.168. The van der Waals surface area contributed by atoms with E-state index < -0.39 is 0 Å². The van der Waals surface area contributed by atoms with Crippen LogP contribution in [0.1, 0.15) is 0 Å². The van der Waals surface area contributed by atoms with E-state index in [4.69, 9.17) is 9.72 Å². The van der Waals surface area contributed by atoms with Crippen LogP contribution in [0.4, 0.5) is 17.5 Å². The molecule has 5 rings (SSSR count). The zero-order chi connectivity index (χ0) is 22.6. The van der Waals surface area contributed by atoms with Crippen molar-refractivity contribution < 1.29 is 9.53 Å². The Bertz CT molecular complexity index is 1290. The van der Waals surface area contributed by atoms with Crippen molar-refractivity contribution in [3.63, 3.8) is 0 Å². The average molecular weight is 439 g/mol. The van der Waals surface area contributed by atoms with Gasteiger partial charge in [0.25, 0.3) is 0 Å². The SMILES string of the molecule is C=CC(=O)NC1CN(c2ccc3ncnc(Nc4ccc(Oc5ccccc5)cn4)c3n2)C1. The first-order valence-corrected chi connectivity index (χ1v) is 10.4. The Balaban J connectivity index is 1.31. The lowest BCUT2D eigenvalue weighted by Crippen LogP contribution is -2.59. The predicted molar refractivity (Wildman–Crippen MR) is 126 cm³/mol. The van der Waals surface area contributed by atoms with Crippen LogP contribution in [-0.2, 0) is 4.79 Å². The average Bonchev–Trinajstić information content (AvgIpc) is 2.83. The number of nitrogens with zero attached hydrogens (tertiary/aromatic N) is 5. The van der Waals surface area contributed by atoms with Gasteiger partial charge in [-0.15, -0.1) is 0 Å². The number of hydrogen-bond acceptors (Lipinski definition) is 8. The lowest BCUT2D eigenvalue weighted by Gasteiger charge is -2.40. The van der Waals surface area contributed by atoms with Crippen LogP contribution < -0.4 is 20.3 Å². The molecule has 33 heavy (non-hydrogen) atoms. The van der Waals surface area contributed by atoms with Crippen LogP contribution >= 0.6 is 0 Å². The molecule has 0 bridgehead atoms. The minimum absolute atomic E-state index is 0.0819. The van der Waals surface area contributed by atoms with Crippen molar-refractivity contribution in [2.24, 2.45) is 0 Å². The standard InChI is InChI=1S/C24H21N7O2/c1-2-22(32)28-16-13-31(14-16)21-11-9-19-23(30-21)24(27-15-26-19)29-20-10-8-18(12-25-20)33-17-6-4-3-5-7-17/h2-12,15-16H,1,13-14H2,(H,28,32)(H,25,26,27,29). The summed E-state index contributed by atoms with van der Waals surface area (Å²) in [5.74, 6) is 3.18. The topological polar surface area (TPSA) is 105 Å². The molecule has 2 N–H and O–H groups in total. The van der Waals surface area contributed by atoms with Crippen LogP contribution in [0.3, 0.4) is 0 Å². The summed E-state index contributed by atoms with van der Waals surface area (Å²) in [6.07, 6.45) is 4.42. The quantitative estimate of drug-likeness (QED) is 0.422. The summed E-state index contributed by atoms with van der Waals surface area (Å²) < 4.78 is 5.79. The first kappa shape index (κ1) is 20.4. The van der Waals surface area contributed by atoms with E-state index >= 15 is 0 Å². The fourth-order valence-electron chi connectivity index (χ4n) is 3.48. The van der Waals surface area contributed by atoms with Crippen LogP contribution in [-0.4, -0.2) is 45.0 Å². The fraction of sp³-hybridized carbons (Fsp3) is 0.125. The summed E-state index contributed by atoms with van der Waals surface area (Å²) >= 11 is 0. The van der Waals surface area contributed by atoms with Gasteiger partial charge in [-0.25, -0.2) is 19.9 Å². The molecule has 0 atom stereocenters. The Hall–Kier alpha value is -4.53. The number of nitrogens with one attached hydrogen (secondary N) is 2. The van der Waals surface area contributed by atoms with Crippen LogP contribution in [0.25, 0.3) is 11.0 Å². The summed E-state index contributed by atoms with van der Waals surface area (Å²) in [5, 5.41) is 6.10. The molecule has 9 heteroatoms. The van der Waals surface area contributed by atoms with Gasteiger partial charge in [0.2, 0.25) is 5.91 Å². The van der Waals surface area contributed by atoms with Gasteiger partial charge in [-0.1, -0.05) is 24.8 Å². The van der Waals surface area contributed by atoms with Gasteiger partial charge >= 0.3 is 0 Å². The van der Waals surface area contributed by atoms with E-state index in [0.717, 1.165) is 17.1 Å². The molecule has 0 radical (unpaired) electrons. The number of carbonyl (C=O) groups is 1. The van der Waals surface area contributed by atoms with E-state index in [9.17, 15) is 4.79 Å². The summed E-state index contributed by atoms with van der Waals surface area (Å²) in [6, 6.07) is 17.1. The minimum Gasteiger partial charge on any atom is -0.456 e. The molecule has 4 heterocycles. The highest BCUT2D eigenvalue weighted by Gasteiger charge is 2.28. The lowest BCUT2D eigenvalue weighted by molar-refractivity contribution is -0.117. The molecule has 1 saturated heterocycles. The van der Waals surface area contributed by atoms with Crippen molar-refractivity contribution >= 4 is 34.4 Å². The van der Waals surface area contributed by atoms with Gasteiger partial charge in [-0.05, 0) is 42.5 Å². The van der Waals surface area contributed by atoms with Crippen molar-refractivity contribution in [1.82, 2.24) is 25.3 Å². The molecule has 164 valence electrons. The number of fused-ring (bicyclic) bond motifs is 1. The van der Waals surface area contributed by atoms with Crippen molar-refractivity contribution in [3.05, 3.63) is 79.8 Å². The van der Waals surface area contributed by atoms with Crippen molar-refractivity contribution in [2.45, 2.75) is 6.04 Å². The largest absolute Gasteiger partial charge is 0.456 e. The van der Waals surface area contributed by atoms with Crippen LogP contribution in [0, 0.1) is 0 Å². The van der Waals surface area contributed by atoms with Gasteiger partial charge in [0.05, 0.1) is 17.8 Å². The fourth-order valence-corrected chi connectivity index (χ4v) is 3.48. The molecule has 1 amide bonds. The zero-order valence-corrected chi connectivity index (χ0v) is 17.7. The maximum absolute atomic E-state index is 11.5. The maximum Gasteiger partial charge on any atom is 0.243 e. The predicted octanol–water partition coefficient (Wildman–Crippen LogP) is 3.45. The van der Waals surface area contributed by atoms with E-state index in [-0.39, 0.29) is 11.9 Å². The summed E-state index contributed by atoms with van der Waals surface area (Å²) in [7, 11) is 0. The number of anilines is 3. The molecule has 0 saturated carbocycles.